The zero-order valence-electron chi connectivity index (χ0n) is 9.87. The number of halogens is 1. The van der Waals surface area contributed by atoms with Crippen LogP contribution in [-0.2, 0) is 0 Å². The Hall–Kier alpha value is -1.88. The first-order chi connectivity index (χ1) is 8.63. The molecule has 3 nitrogen and oxygen atoms in total. The van der Waals surface area contributed by atoms with Crippen LogP contribution in [0.1, 0.15) is 17.3 Å². The van der Waals surface area contributed by atoms with Gasteiger partial charge in [-0.05, 0) is 24.6 Å². The van der Waals surface area contributed by atoms with E-state index in [1.165, 1.54) is 23.5 Å². The zero-order chi connectivity index (χ0) is 13.1. The molecule has 0 unspecified atom stereocenters. The Labute approximate surface area is 108 Å². The van der Waals surface area contributed by atoms with E-state index in [-0.39, 0.29) is 11.7 Å². The summed E-state index contributed by atoms with van der Waals surface area (Å²) < 4.78 is 12.9. The standard InChI is InChI=1S/C13H13FN2OS/c1-2-16-13(17)11-10(7-18-12(11)15)8-3-5-9(14)6-4-8/h3-7H,2,15H2,1H3,(H,16,17). The van der Waals surface area contributed by atoms with Gasteiger partial charge in [-0.3, -0.25) is 4.79 Å². The van der Waals surface area contributed by atoms with E-state index in [1.807, 2.05) is 12.3 Å². The minimum Gasteiger partial charge on any atom is -0.390 e. The quantitative estimate of drug-likeness (QED) is 0.895. The number of anilines is 1. The largest absolute Gasteiger partial charge is 0.390 e. The molecule has 1 amide bonds. The van der Waals surface area contributed by atoms with Crippen molar-refractivity contribution in [2.45, 2.75) is 6.92 Å². The zero-order valence-corrected chi connectivity index (χ0v) is 10.7. The SMILES string of the molecule is CCNC(=O)c1c(-c2ccc(F)cc2)csc1N. The molecule has 94 valence electrons. The van der Waals surface area contributed by atoms with Crippen LogP contribution in [0.5, 0.6) is 0 Å². The van der Waals surface area contributed by atoms with E-state index >= 15 is 0 Å². The van der Waals surface area contributed by atoms with Crippen molar-refractivity contribution < 1.29 is 9.18 Å². The van der Waals surface area contributed by atoms with Crippen LogP contribution in [0.15, 0.2) is 29.6 Å². The van der Waals surface area contributed by atoms with E-state index in [4.69, 9.17) is 5.73 Å². The van der Waals surface area contributed by atoms with Crippen molar-refractivity contribution in [3.63, 3.8) is 0 Å². The number of thiophene rings is 1. The van der Waals surface area contributed by atoms with Crippen LogP contribution >= 0.6 is 11.3 Å². The normalized spacial score (nSPS) is 10.3. The lowest BCUT2D eigenvalue weighted by molar-refractivity contribution is 0.0957. The summed E-state index contributed by atoms with van der Waals surface area (Å²) in [7, 11) is 0. The molecule has 0 spiro atoms. The lowest BCUT2D eigenvalue weighted by atomic mass is 10.0. The summed E-state index contributed by atoms with van der Waals surface area (Å²) in [5.74, 6) is -0.503. The number of carbonyl (C=O) groups is 1. The predicted octanol–water partition coefficient (Wildman–Crippen LogP) is 2.89. The number of rotatable bonds is 3. The van der Waals surface area contributed by atoms with Crippen molar-refractivity contribution >= 4 is 22.2 Å². The summed E-state index contributed by atoms with van der Waals surface area (Å²) in [5, 5.41) is 5.01. The molecule has 0 aliphatic heterocycles. The number of nitrogens with one attached hydrogen (secondary N) is 1. The second-order valence-corrected chi connectivity index (χ2v) is 4.67. The Morgan fingerprint density at radius 1 is 1.39 bits per heavy atom. The Kier molecular flexibility index (Phi) is 3.62. The van der Waals surface area contributed by atoms with E-state index < -0.39 is 0 Å². The Bertz CT molecular complexity index is 563. The minimum atomic E-state index is -0.304. The van der Waals surface area contributed by atoms with E-state index in [1.54, 1.807) is 12.1 Å². The van der Waals surface area contributed by atoms with Crippen LogP contribution < -0.4 is 11.1 Å². The predicted molar refractivity (Wildman–Crippen MR) is 72.1 cm³/mol. The number of amides is 1. The fourth-order valence-corrected chi connectivity index (χ4v) is 2.52. The van der Waals surface area contributed by atoms with Crippen LogP contribution in [0.2, 0.25) is 0 Å². The molecule has 0 saturated heterocycles. The van der Waals surface area contributed by atoms with Crippen LogP contribution in [0, 0.1) is 5.82 Å². The van der Waals surface area contributed by atoms with Gasteiger partial charge in [0.1, 0.15) is 5.82 Å². The molecule has 0 radical (unpaired) electrons. The first-order valence-electron chi connectivity index (χ1n) is 5.54. The van der Waals surface area contributed by atoms with E-state index in [0.717, 1.165) is 11.1 Å². The fraction of sp³-hybridized carbons (Fsp3) is 0.154. The Balaban J connectivity index is 2.45. The highest BCUT2D eigenvalue weighted by molar-refractivity contribution is 7.15. The van der Waals surface area contributed by atoms with Crippen molar-refractivity contribution in [3.8, 4) is 11.1 Å². The van der Waals surface area contributed by atoms with Crippen LogP contribution in [0.25, 0.3) is 11.1 Å². The molecule has 5 heteroatoms. The van der Waals surface area contributed by atoms with Crippen molar-refractivity contribution in [1.82, 2.24) is 5.32 Å². The smallest absolute Gasteiger partial charge is 0.254 e. The van der Waals surface area contributed by atoms with Gasteiger partial charge in [0.2, 0.25) is 0 Å². The monoisotopic (exact) mass is 264 g/mol. The molecule has 0 aliphatic rings. The summed E-state index contributed by atoms with van der Waals surface area (Å²) in [6.45, 7) is 2.38. The number of hydrogen-bond donors (Lipinski definition) is 2. The summed E-state index contributed by atoms with van der Waals surface area (Å²) in [6, 6.07) is 6.01. The van der Waals surface area contributed by atoms with Gasteiger partial charge >= 0.3 is 0 Å². The van der Waals surface area contributed by atoms with Gasteiger partial charge in [-0.2, -0.15) is 0 Å². The molecule has 0 fully saturated rings. The third-order valence-electron chi connectivity index (χ3n) is 2.54. The summed E-state index contributed by atoms with van der Waals surface area (Å²) in [5.41, 5.74) is 7.81. The molecule has 18 heavy (non-hydrogen) atoms. The molecule has 2 rings (SSSR count). The van der Waals surface area contributed by atoms with Crippen molar-refractivity contribution in [2.24, 2.45) is 0 Å². The Morgan fingerprint density at radius 3 is 2.67 bits per heavy atom. The average Bonchev–Trinajstić information content (AvgIpc) is 2.72. The van der Waals surface area contributed by atoms with Crippen molar-refractivity contribution in [3.05, 3.63) is 41.0 Å². The highest BCUT2D eigenvalue weighted by Gasteiger charge is 2.17. The molecule has 1 heterocycles. The van der Waals surface area contributed by atoms with Gasteiger partial charge in [0.25, 0.3) is 5.91 Å². The third kappa shape index (κ3) is 2.36. The minimum absolute atomic E-state index is 0.199. The topological polar surface area (TPSA) is 55.1 Å². The number of nitrogens with two attached hydrogens (primary N) is 1. The van der Waals surface area contributed by atoms with Crippen LogP contribution in [-0.4, -0.2) is 12.5 Å². The first kappa shape index (κ1) is 12.6. The highest BCUT2D eigenvalue weighted by atomic mass is 32.1. The molecule has 0 atom stereocenters. The lowest BCUT2D eigenvalue weighted by Gasteiger charge is -2.06. The summed E-state index contributed by atoms with van der Waals surface area (Å²) >= 11 is 1.31. The molecular weight excluding hydrogens is 251 g/mol. The van der Waals surface area contributed by atoms with Gasteiger partial charge < -0.3 is 11.1 Å². The van der Waals surface area contributed by atoms with E-state index in [0.29, 0.717) is 17.1 Å². The maximum absolute atomic E-state index is 12.9. The molecule has 0 saturated carbocycles. The van der Waals surface area contributed by atoms with Gasteiger partial charge in [0.05, 0.1) is 10.6 Å². The van der Waals surface area contributed by atoms with E-state index in [2.05, 4.69) is 5.32 Å². The van der Waals surface area contributed by atoms with Crippen LogP contribution in [0.4, 0.5) is 9.39 Å². The number of carbonyl (C=O) groups excluding carboxylic acids is 1. The average molecular weight is 264 g/mol. The van der Waals surface area contributed by atoms with Gasteiger partial charge in [-0.15, -0.1) is 11.3 Å². The molecular formula is C13H13FN2OS. The van der Waals surface area contributed by atoms with Gasteiger partial charge in [-0.1, -0.05) is 12.1 Å². The summed E-state index contributed by atoms with van der Waals surface area (Å²) in [6.07, 6.45) is 0. The number of nitrogen functional groups attached to an aromatic ring is 1. The maximum Gasteiger partial charge on any atom is 0.254 e. The lowest BCUT2D eigenvalue weighted by Crippen LogP contribution is -2.23. The molecule has 3 N–H and O–H groups in total. The summed E-state index contributed by atoms with van der Waals surface area (Å²) in [4.78, 5) is 11.9. The maximum atomic E-state index is 12.9. The van der Waals surface area contributed by atoms with Gasteiger partial charge in [0.15, 0.2) is 0 Å². The first-order valence-corrected chi connectivity index (χ1v) is 6.42. The molecule has 1 aromatic carbocycles. The molecule has 0 bridgehead atoms. The van der Waals surface area contributed by atoms with Crippen molar-refractivity contribution in [1.29, 1.82) is 0 Å². The second-order valence-electron chi connectivity index (χ2n) is 3.75. The van der Waals surface area contributed by atoms with Gasteiger partial charge in [0, 0.05) is 17.5 Å². The molecule has 2 aromatic rings. The van der Waals surface area contributed by atoms with E-state index in [9.17, 15) is 9.18 Å². The highest BCUT2D eigenvalue weighted by Crippen LogP contribution is 2.33. The number of benzene rings is 1. The van der Waals surface area contributed by atoms with Crippen molar-refractivity contribution in [2.75, 3.05) is 12.3 Å². The number of hydrogen-bond acceptors (Lipinski definition) is 3. The fourth-order valence-electron chi connectivity index (χ4n) is 1.70. The molecule has 1 aromatic heterocycles. The van der Waals surface area contributed by atoms with Gasteiger partial charge in [-0.25, -0.2) is 4.39 Å². The second kappa shape index (κ2) is 5.18. The van der Waals surface area contributed by atoms with Crippen LogP contribution in [0.3, 0.4) is 0 Å². The molecule has 0 aliphatic carbocycles. The Morgan fingerprint density at radius 2 is 2.06 bits per heavy atom. The third-order valence-corrected chi connectivity index (χ3v) is 3.35.